The van der Waals surface area contributed by atoms with Crippen LogP contribution in [0.2, 0.25) is 5.04 Å². The summed E-state index contributed by atoms with van der Waals surface area (Å²) in [6.07, 6.45) is 0.105. The summed E-state index contributed by atoms with van der Waals surface area (Å²) in [5.41, 5.74) is -1.93. The summed E-state index contributed by atoms with van der Waals surface area (Å²) < 4.78 is 12.6. The predicted octanol–water partition coefficient (Wildman–Crippen LogP) is 4.82. The third-order valence-corrected chi connectivity index (χ3v) is 10.8. The van der Waals surface area contributed by atoms with Gasteiger partial charge >= 0.3 is 6.09 Å². The molecule has 2 rings (SSSR count). The summed E-state index contributed by atoms with van der Waals surface area (Å²) in [5, 5.41) is 4.78. The standard InChI is InChI=1S/C27H39NO4Si/c1-9-23(27(8,20-29)28-24(30)31-25(2,3)4)32-33(26(5,6)7,21-16-12-10-13-17-21)22-18-14-11-15-19-22/h10-20,23H,9H2,1-8H3,(H,28,30)/t23-,27+/m1/s1. The zero-order valence-corrected chi connectivity index (χ0v) is 22.3. The number of alkyl carbamates (subject to hydrolysis) is 1. The fourth-order valence-corrected chi connectivity index (χ4v) is 9.10. The zero-order chi connectivity index (χ0) is 24.9. The van der Waals surface area contributed by atoms with Gasteiger partial charge in [0.15, 0.2) is 0 Å². The summed E-state index contributed by atoms with van der Waals surface area (Å²) in [6.45, 7) is 15.6. The summed E-state index contributed by atoms with van der Waals surface area (Å²) in [4.78, 5) is 25.0. The van der Waals surface area contributed by atoms with E-state index in [2.05, 4.69) is 50.4 Å². The van der Waals surface area contributed by atoms with Gasteiger partial charge in [-0.25, -0.2) is 4.79 Å². The molecule has 1 N–H and O–H groups in total. The molecule has 2 atom stereocenters. The van der Waals surface area contributed by atoms with Crippen molar-refractivity contribution in [3.05, 3.63) is 60.7 Å². The van der Waals surface area contributed by atoms with Gasteiger partial charge < -0.3 is 19.3 Å². The molecule has 0 saturated heterocycles. The number of aldehydes is 1. The molecular weight excluding hydrogens is 430 g/mol. The molecular formula is C27H39NO4Si. The van der Waals surface area contributed by atoms with Crippen molar-refractivity contribution in [1.82, 2.24) is 5.32 Å². The van der Waals surface area contributed by atoms with Crippen LogP contribution in [0, 0.1) is 0 Å². The highest BCUT2D eigenvalue weighted by Crippen LogP contribution is 2.39. The molecule has 0 heterocycles. The Hall–Kier alpha value is -2.44. The van der Waals surface area contributed by atoms with E-state index < -0.39 is 31.7 Å². The van der Waals surface area contributed by atoms with Gasteiger partial charge in [0.05, 0.1) is 6.10 Å². The van der Waals surface area contributed by atoms with Crippen molar-refractivity contribution in [2.24, 2.45) is 0 Å². The number of benzene rings is 2. The van der Waals surface area contributed by atoms with Gasteiger partial charge in [-0.1, -0.05) is 88.4 Å². The molecule has 0 bridgehead atoms. The Morgan fingerprint density at radius 1 is 0.909 bits per heavy atom. The third kappa shape index (κ3) is 6.12. The quantitative estimate of drug-likeness (QED) is 0.444. The monoisotopic (exact) mass is 469 g/mol. The van der Waals surface area contributed by atoms with E-state index in [-0.39, 0.29) is 5.04 Å². The second-order valence-electron chi connectivity index (χ2n) is 10.7. The lowest BCUT2D eigenvalue weighted by atomic mass is 9.95. The molecule has 0 aliphatic carbocycles. The van der Waals surface area contributed by atoms with Crippen LogP contribution in [-0.4, -0.2) is 37.9 Å². The molecule has 180 valence electrons. The minimum absolute atomic E-state index is 0.251. The van der Waals surface area contributed by atoms with Gasteiger partial charge in [0.1, 0.15) is 17.4 Å². The van der Waals surface area contributed by atoms with Crippen LogP contribution in [-0.2, 0) is 14.0 Å². The minimum atomic E-state index is -2.91. The van der Waals surface area contributed by atoms with Crippen molar-refractivity contribution < 1.29 is 18.8 Å². The number of carbonyl (C=O) groups is 2. The van der Waals surface area contributed by atoms with Gasteiger partial charge in [0.25, 0.3) is 8.32 Å². The molecule has 0 aliphatic heterocycles. The molecule has 2 aromatic rings. The molecule has 0 spiro atoms. The molecule has 0 aromatic heterocycles. The van der Waals surface area contributed by atoms with E-state index >= 15 is 0 Å². The van der Waals surface area contributed by atoms with E-state index in [0.717, 1.165) is 16.7 Å². The third-order valence-electron chi connectivity index (χ3n) is 5.79. The van der Waals surface area contributed by atoms with Crippen molar-refractivity contribution in [2.75, 3.05) is 0 Å². The second kappa shape index (κ2) is 10.2. The van der Waals surface area contributed by atoms with Crippen LogP contribution >= 0.6 is 0 Å². The van der Waals surface area contributed by atoms with Crippen molar-refractivity contribution in [1.29, 1.82) is 0 Å². The highest BCUT2D eigenvalue weighted by Gasteiger charge is 2.53. The Labute approximate surface area is 200 Å². The van der Waals surface area contributed by atoms with Crippen molar-refractivity contribution in [2.45, 2.75) is 84.1 Å². The lowest BCUT2D eigenvalue weighted by Crippen LogP contribution is -2.71. The Morgan fingerprint density at radius 3 is 1.70 bits per heavy atom. The second-order valence-corrected chi connectivity index (χ2v) is 15.0. The van der Waals surface area contributed by atoms with E-state index in [1.807, 2.05) is 43.3 Å². The van der Waals surface area contributed by atoms with Crippen molar-refractivity contribution >= 4 is 31.1 Å². The van der Waals surface area contributed by atoms with E-state index in [1.54, 1.807) is 27.7 Å². The number of nitrogens with one attached hydrogen (secondary N) is 1. The molecule has 0 radical (unpaired) electrons. The van der Waals surface area contributed by atoms with Crippen LogP contribution in [0.5, 0.6) is 0 Å². The Bertz CT molecular complexity index is 879. The van der Waals surface area contributed by atoms with E-state index in [0.29, 0.717) is 6.42 Å². The van der Waals surface area contributed by atoms with E-state index in [4.69, 9.17) is 9.16 Å². The first-order valence-electron chi connectivity index (χ1n) is 11.6. The normalized spacial score (nSPS) is 15.3. The minimum Gasteiger partial charge on any atom is -0.444 e. The summed E-state index contributed by atoms with van der Waals surface area (Å²) in [6, 6.07) is 20.5. The molecule has 0 saturated carbocycles. The lowest BCUT2D eigenvalue weighted by Gasteiger charge is -2.47. The maximum absolute atomic E-state index is 12.6. The van der Waals surface area contributed by atoms with E-state index in [1.165, 1.54) is 0 Å². The van der Waals surface area contributed by atoms with Crippen LogP contribution in [0.15, 0.2) is 60.7 Å². The molecule has 6 heteroatoms. The van der Waals surface area contributed by atoms with Gasteiger partial charge in [0.2, 0.25) is 0 Å². The molecule has 0 fully saturated rings. The van der Waals surface area contributed by atoms with Crippen molar-refractivity contribution in [3.63, 3.8) is 0 Å². The molecule has 1 amide bonds. The largest absolute Gasteiger partial charge is 0.444 e. The summed E-state index contributed by atoms with van der Waals surface area (Å²) in [5.74, 6) is 0. The first-order valence-corrected chi connectivity index (χ1v) is 13.5. The summed E-state index contributed by atoms with van der Waals surface area (Å²) in [7, 11) is -2.91. The first kappa shape index (κ1) is 26.8. The molecule has 0 aliphatic rings. The Morgan fingerprint density at radius 2 is 1.36 bits per heavy atom. The van der Waals surface area contributed by atoms with E-state index in [9.17, 15) is 9.59 Å². The first-order chi connectivity index (χ1) is 15.3. The fraction of sp³-hybridized carbons (Fsp3) is 0.481. The van der Waals surface area contributed by atoms with Crippen LogP contribution in [0.4, 0.5) is 4.79 Å². The average molecular weight is 470 g/mol. The maximum atomic E-state index is 12.6. The van der Waals surface area contributed by atoms with Crippen LogP contribution < -0.4 is 15.7 Å². The highest BCUT2D eigenvalue weighted by molar-refractivity contribution is 6.99. The van der Waals surface area contributed by atoms with Gasteiger partial charge in [-0.15, -0.1) is 0 Å². The summed E-state index contributed by atoms with van der Waals surface area (Å²) >= 11 is 0. The smallest absolute Gasteiger partial charge is 0.408 e. The average Bonchev–Trinajstić information content (AvgIpc) is 2.73. The topological polar surface area (TPSA) is 64.6 Å². The SMILES string of the molecule is CC[C@@H](O[Si](c1ccccc1)(c1ccccc1)C(C)(C)C)[C@](C)(C=O)NC(=O)OC(C)(C)C. The number of hydrogen-bond donors (Lipinski definition) is 1. The Kier molecular flexibility index (Phi) is 8.30. The van der Waals surface area contributed by atoms with Gasteiger partial charge in [0, 0.05) is 0 Å². The van der Waals surface area contributed by atoms with Crippen LogP contribution in [0.1, 0.15) is 61.8 Å². The lowest BCUT2D eigenvalue weighted by molar-refractivity contribution is -0.116. The van der Waals surface area contributed by atoms with Crippen LogP contribution in [0.25, 0.3) is 0 Å². The molecule has 33 heavy (non-hydrogen) atoms. The number of carbonyl (C=O) groups excluding carboxylic acids is 2. The number of hydrogen-bond acceptors (Lipinski definition) is 4. The van der Waals surface area contributed by atoms with Gasteiger partial charge in [-0.2, -0.15) is 0 Å². The molecule has 0 unspecified atom stereocenters. The number of rotatable bonds is 8. The van der Waals surface area contributed by atoms with Crippen LogP contribution in [0.3, 0.4) is 0 Å². The highest BCUT2D eigenvalue weighted by atomic mass is 28.4. The van der Waals surface area contributed by atoms with Gasteiger partial charge in [-0.05, 0) is 49.5 Å². The molecule has 2 aromatic carbocycles. The predicted molar refractivity (Wildman–Crippen MR) is 137 cm³/mol. The van der Waals surface area contributed by atoms with Gasteiger partial charge in [-0.3, -0.25) is 0 Å². The zero-order valence-electron chi connectivity index (χ0n) is 21.3. The Balaban J connectivity index is 2.62. The van der Waals surface area contributed by atoms with Crippen molar-refractivity contribution in [3.8, 4) is 0 Å². The number of amides is 1. The molecule has 5 nitrogen and oxygen atoms in total. The maximum Gasteiger partial charge on any atom is 0.408 e. The number of ether oxygens (including phenoxy) is 1. The fourth-order valence-electron chi connectivity index (χ4n) is 4.24.